The van der Waals surface area contributed by atoms with Gasteiger partial charge in [0.25, 0.3) is 7.82 Å². The van der Waals surface area contributed by atoms with Gasteiger partial charge in [-0.2, -0.15) is 0 Å². The highest BCUT2D eigenvalue weighted by atomic mass is 31.2. The van der Waals surface area contributed by atoms with E-state index in [0.717, 1.165) is 57.8 Å². The predicted molar refractivity (Wildman–Crippen MR) is 190 cm³/mol. The Labute approximate surface area is 282 Å². The van der Waals surface area contributed by atoms with Crippen molar-refractivity contribution in [1.29, 1.82) is 0 Å². The number of rotatable bonds is 32. The number of nitrogens with zero attached hydrogens (tertiary/aromatic N) is 1. The number of quaternary nitrogens is 1. The molecule has 0 amide bonds. The van der Waals surface area contributed by atoms with Gasteiger partial charge in [0.1, 0.15) is 19.3 Å². The van der Waals surface area contributed by atoms with Crippen molar-refractivity contribution in [1.82, 2.24) is 0 Å². The number of allylic oxidation sites excluding steroid dienone is 8. The van der Waals surface area contributed by atoms with Gasteiger partial charge in [0.2, 0.25) is 0 Å². The number of unbranched alkanes of at least 4 members (excludes halogenated alkanes) is 10. The van der Waals surface area contributed by atoms with Gasteiger partial charge in [-0.1, -0.05) is 120 Å². The molecule has 2 unspecified atom stereocenters. The van der Waals surface area contributed by atoms with Gasteiger partial charge in [-0.15, -0.1) is 0 Å². The largest absolute Gasteiger partial charge is 0.756 e. The van der Waals surface area contributed by atoms with E-state index in [-0.39, 0.29) is 25.8 Å². The minimum Gasteiger partial charge on any atom is -0.756 e. The maximum Gasteiger partial charge on any atom is 0.306 e. The van der Waals surface area contributed by atoms with Crippen molar-refractivity contribution in [2.45, 2.75) is 129 Å². The minimum absolute atomic E-state index is 0.0151. The van der Waals surface area contributed by atoms with E-state index in [4.69, 9.17) is 18.5 Å². The second-order valence-corrected chi connectivity index (χ2v) is 14.3. The number of esters is 1. The Morgan fingerprint density at radius 1 is 0.696 bits per heavy atom. The van der Waals surface area contributed by atoms with E-state index in [9.17, 15) is 14.3 Å². The molecule has 0 heterocycles. The summed E-state index contributed by atoms with van der Waals surface area (Å²) in [6, 6.07) is 0. The highest BCUT2D eigenvalue weighted by molar-refractivity contribution is 7.45. The molecule has 0 N–H and O–H groups in total. The van der Waals surface area contributed by atoms with Gasteiger partial charge in [-0.25, -0.2) is 0 Å². The fraction of sp³-hybridized carbons (Fsp3) is 0.757. The van der Waals surface area contributed by atoms with Gasteiger partial charge in [0.15, 0.2) is 0 Å². The number of hydrogen-bond acceptors (Lipinski definition) is 7. The van der Waals surface area contributed by atoms with Crippen molar-refractivity contribution in [2.24, 2.45) is 0 Å². The van der Waals surface area contributed by atoms with E-state index in [1.54, 1.807) is 0 Å². The lowest BCUT2D eigenvalue weighted by molar-refractivity contribution is -0.870. The molecule has 46 heavy (non-hydrogen) atoms. The quantitative estimate of drug-likeness (QED) is 0.0232. The number of likely N-dealkylation sites (N-methyl/N-ethyl adjacent to an activating group) is 1. The summed E-state index contributed by atoms with van der Waals surface area (Å²) < 4.78 is 34.2. The summed E-state index contributed by atoms with van der Waals surface area (Å²) in [5, 5.41) is 0. The van der Waals surface area contributed by atoms with E-state index < -0.39 is 13.9 Å². The van der Waals surface area contributed by atoms with Crippen LogP contribution in [-0.2, 0) is 27.9 Å². The molecule has 0 fully saturated rings. The molecule has 0 spiro atoms. The lowest BCUT2D eigenvalue weighted by atomic mass is 10.1. The Balaban J connectivity index is 4.44. The zero-order chi connectivity index (χ0) is 34.2. The predicted octanol–water partition coefficient (Wildman–Crippen LogP) is 9.02. The highest BCUT2D eigenvalue weighted by Crippen LogP contribution is 2.38. The fourth-order valence-electron chi connectivity index (χ4n) is 4.37. The van der Waals surface area contributed by atoms with E-state index in [0.29, 0.717) is 24.1 Å². The first-order chi connectivity index (χ1) is 22.1. The molecule has 0 aliphatic heterocycles. The number of phosphoric acid groups is 1. The average Bonchev–Trinajstić information content (AvgIpc) is 2.99. The summed E-state index contributed by atoms with van der Waals surface area (Å²) in [6.45, 7) is 5.10. The molecule has 0 radical (unpaired) electrons. The topological polar surface area (TPSA) is 94.1 Å². The first-order valence-corrected chi connectivity index (χ1v) is 19.3. The van der Waals surface area contributed by atoms with Gasteiger partial charge in [0.05, 0.1) is 34.4 Å². The van der Waals surface area contributed by atoms with Crippen molar-refractivity contribution in [3.63, 3.8) is 0 Å². The molecule has 0 rings (SSSR count). The van der Waals surface area contributed by atoms with Crippen molar-refractivity contribution >= 4 is 13.8 Å². The third kappa shape index (κ3) is 33.8. The van der Waals surface area contributed by atoms with Crippen LogP contribution >= 0.6 is 7.82 Å². The Kier molecular flexibility index (Phi) is 29.7. The zero-order valence-electron chi connectivity index (χ0n) is 30.0. The first-order valence-electron chi connectivity index (χ1n) is 17.9. The van der Waals surface area contributed by atoms with Crippen LogP contribution in [0.15, 0.2) is 48.6 Å². The highest BCUT2D eigenvalue weighted by Gasteiger charge is 2.20. The van der Waals surface area contributed by atoms with Crippen LogP contribution in [-0.4, -0.2) is 70.7 Å². The maximum atomic E-state index is 12.5. The summed E-state index contributed by atoms with van der Waals surface area (Å²) in [7, 11) is 1.31. The number of phosphoric ester groups is 1. The van der Waals surface area contributed by atoms with Gasteiger partial charge in [-0.3, -0.25) is 9.36 Å². The number of carbonyl (C=O) groups is 1. The summed E-state index contributed by atoms with van der Waals surface area (Å²) in [6.07, 6.45) is 34.2. The molecule has 2 atom stereocenters. The molecular weight excluding hydrogens is 601 g/mol. The molecule has 0 aromatic rings. The molecule has 268 valence electrons. The van der Waals surface area contributed by atoms with Gasteiger partial charge in [0, 0.05) is 13.0 Å². The van der Waals surface area contributed by atoms with E-state index in [2.05, 4.69) is 62.5 Å². The SMILES string of the molecule is CC/C=C\C/C=C\C/C=C\C/C=C\CCCOCC(COP(=O)([O-])OCC[N+](C)(C)C)OC(=O)CCCCCCCCCCCC. The molecule has 8 nitrogen and oxygen atoms in total. The molecule has 0 bridgehead atoms. The van der Waals surface area contributed by atoms with Gasteiger partial charge < -0.3 is 27.9 Å². The molecule has 0 aromatic heterocycles. The molecule has 0 saturated carbocycles. The first kappa shape index (κ1) is 44.5. The minimum atomic E-state index is -4.53. The fourth-order valence-corrected chi connectivity index (χ4v) is 5.10. The van der Waals surface area contributed by atoms with Crippen LogP contribution in [0.1, 0.15) is 123 Å². The Bertz CT molecular complexity index is 879. The number of hydrogen-bond donors (Lipinski definition) is 0. The average molecular weight is 670 g/mol. The Morgan fingerprint density at radius 2 is 1.24 bits per heavy atom. The van der Waals surface area contributed by atoms with Crippen molar-refractivity contribution in [2.75, 3.05) is 54.1 Å². The van der Waals surface area contributed by atoms with Crippen LogP contribution in [0.5, 0.6) is 0 Å². The van der Waals surface area contributed by atoms with Crippen LogP contribution in [0, 0.1) is 0 Å². The second kappa shape index (κ2) is 30.8. The zero-order valence-corrected chi connectivity index (χ0v) is 30.9. The van der Waals surface area contributed by atoms with Crippen molar-refractivity contribution in [3.05, 3.63) is 48.6 Å². The third-order valence-corrected chi connectivity index (χ3v) is 8.11. The van der Waals surface area contributed by atoms with Gasteiger partial charge in [-0.05, 0) is 44.9 Å². The number of ether oxygens (including phenoxy) is 2. The van der Waals surface area contributed by atoms with E-state index >= 15 is 0 Å². The Hall–Kier alpha value is -1.54. The monoisotopic (exact) mass is 669 g/mol. The van der Waals surface area contributed by atoms with E-state index in [1.165, 1.54) is 44.9 Å². The molecule has 0 aromatic carbocycles. The maximum absolute atomic E-state index is 12.5. The Morgan fingerprint density at radius 3 is 1.80 bits per heavy atom. The lowest BCUT2D eigenvalue weighted by Gasteiger charge is -2.28. The standard InChI is InChI=1S/C37H68NO7P/c1-6-8-10-12-14-16-18-19-20-21-23-25-27-29-32-42-34-36(35-44-46(40,41)43-33-31-38(3,4)5)45-37(39)30-28-26-24-22-17-15-13-11-9-7-2/h8,10,14,16,19-20,23,25,36H,6-7,9,11-13,15,17-18,21-22,24,26-35H2,1-5H3/b10-8-,16-14-,20-19-,25-23-. The summed E-state index contributed by atoms with van der Waals surface area (Å²) in [5.74, 6) is -0.358. The van der Waals surface area contributed by atoms with Crippen molar-refractivity contribution < 1.29 is 37.3 Å². The van der Waals surface area contributed by atoms with Crippen LogP contribution in [0.4, 0.5) is 0 Å². The van der Waals surface area contributed by atoms with Crippen LogP contribution < -0.4 is 4.89 Å². The molecule has 9 heteroatoms. The second-order valence-electron chi connectivity index (χ2n) is 12.9. The van der Waals surface area contributed by atoms with Gasteiger partial charge >= 0.3 is 5.97 Å². The summed E-state index contributed by atoms with van der Waals surface area (Å²) in [4.78, 5) is 24.8. The summed E-state index contributed by atoms with van der Waals surface area (Å²) >= 11 is 0. The normalized spacial score (nSPS) is 14.7. The van der Waals surface area contributed by atoms with Crippen LogP contribution in [0.3, 0.4) is 0 Å². The van der Waals surface area contributed by atoms with E-state index in [1.807, 2.05) is 21.1 Å². The van der Waals surface area contributed by atoms with Crippen molar-refractivity contribution in [3.8, 4) is 0 Å². The third-order valence-electron chi connectivity index (χ3n) is 7.14. The molecule has 0 saturated heterocycles. The molecule has 0 aliphatic rings. The van der Waals surface area contributed by atoms with Crippen LogP contribution in [0.2, 0.25) is 0 Å². The molecule has 0 aliphatic carbocycles. The smallest absolute Gasteiger partial charge is 0.306 e. The summed E-state index contributed by atoms with van der Waals surface area (Å²) in [5.41, 5.74) is 0. The lowest BCUT2D eigenvalue weighted by Crippen LogP contribution is -2.37. The van der Waals surface area contributed by atoms with Crippen LogP contribution in [0.25, 0.3) is 0 Å². The molecular formula is C37H68NO7P. The number of carbonyl (C=O) groups excluding carboxylic acids is 1.